The summed E-state index contributed by atoms with van der Waals surface area (Å²) in [7, 11) is 0. The first-order chi connectivity index (χ1) is 13.2. The van der Waals surface area contributed by atoms with E-state index in [1.54, 1.807) is 4.90 Å². The lowest BCUT2D eigenvalue weighted by atomic mass is 10.1. The lowest BCUT2D eigenvalue weighted by Crippen LogP contribution is -2.55. The molecule has 2 N–H and O–H groups in total. The number of hydrogen-bond donors (Lipinski definition) is 2. The molecule has 2 aromatic rings. The van der Waals surface area contributed by atoms with E-state index < -0.39 is 0 Å². The van der Waals surface area contributed by atoms with Crippen LogP contribution in [0.3, 0.4) is 0 Å². The van der Waals surface area contributed by atoms with Crippen molar-refractivity contribution in [1.29, 1.82) is 0 Å². The fraction of sp³-hybridized carbons (Fsp3) is 0.500. The average Bonchev–Trinajstić information content (AvgIpc) is 3.39. The summed E-state index contributed by atoms with van der Waals surface area (Å²) in [5.41, 5.74) is 2.33. The number of nitrogens with zero attached hydrogens (tertiary/aromatic N) is 2. The molecular formula is C20H26N4O3. The molecular weight excluding hydrogens is 344 g/mol. The second-order valence-corrected chi connectivity index (χ2v) is 7.20. The Hall–Kier alpha value is -2.54. The average molecular weight is 370 g/mol. The second-order valence-electron chi connectivity index (χ2n) is 7.20. The van der Waals surface area contributed by atoms with Crippen LogP contribution >= 0.6 is 0 Å². The van der Waals surface area contributed by atoms with E-state index in [0.29, 0.717) is 39.3 Å². The molecule has 0 aliphatic carbocycles. The molecule has 0 bridgehead atoms. The molecule has 7 nitrogen and oxygen atoms in total. The lowest BCUT2D eigenvalue weighted by Gasteiger charge is -2.35. The number of nitrogens with one attached hydrogen (secondary N) is 2. The molecule has 1 unspecified atom stereocenters. The zero-order valence-corrected chi connectivity index (χ0v) is 15.4. The van der Waals surface area contributed by atoms with Crippen molar-refractivity contribution in [2.45, 2.75) is 25.4 Å². The SMILES string of the molecule is O=C(NCCc1ccc2[nH]ccc2c1)N1CCN(C(=O)C2CCCO2)CC1. The largest absolute Gasteiger partial charge is 0.368 e. The van der Waals surface area contributed by atoms with Crippen LogP contribution in [0.15, 0.2) is 30.5 Å². The normalized spacial score (nSPS) is 20.2. The summed E-state index contributed by atoms with van der Waals surface area (Å²) < 4.78 is 5.47. The minimum Gasteiger partial charge on any atom is -0.368 e. The van der Waals surface area contributed by atoms with Gasteiger partial charge in [-0.2, -0.15) is 0 Å². The molecule has 2 aliphatic heterocycles. The van der Waals surface area contributed by atoms with Gasteiger partial charge in [-0.3, -0.25) is 4.79 Å². The van der Waals surface area contributed by atoms with Crippen LogP contribution in [0.2, 0.25) is 0 Å². The minimum atomic E-state index is -0.275. The van der Waals surface area contributed by atoms with Gasteiger partial charge in [0.2, 0.25) is 0 Å². The predicted molar refractivity (Wildman–Crippen MR) is 103 cm³/mol. The molecule has 4 rings (SSSR count). The summed E-state index contributed by atoms with van der Waals surface area (Å²) in [5, 5.41) is 4.18. The second kappa shape index (κ2) is 8.00. The number of fused-ring (bicyclic) bond motifs is 1. The van der Waals surface area contributed by atoms with Gasteiger partial charge < -0.3 is 24.8 Å². The number of aromatic nitrogens is 1. The molecule has 3 heterocycles. The summed E-state index contributed by atoms with van der Waals surface area (Å²) in [6, 6.07) is 8.29. The molecule has 2 saturated heterocycles. The monoisotopic (exact) mass is 370 g/mol. The van der Waals surface area contributed by atoms with Gasteiger partial charge in [0.25, 0.3) is 5.91 Å². The lowest BCUT2D eigenvalue weighted by molar-refractivity contribution is -0.142. The van der Waals surface area contributed by atoms with Crippen LogP contribution in [0.4, 0.5) is 4.79 Å². The topological polar surface area (TPSA) is 77.7 Å². The Bertz CT molecular complexity index is 804. The van der Waals surface area contributed by atoms with E-state index in [1.807, 2.05) is 11.1 Å². The quantitative estimate of drug-likeness (QED) is 0.861. The Morgan fingerprint density at radius 1 is 1.15 bits per heavy atom. The van der Waals surface area contributed by atoms with Gasteiger partial charge in [-0.15, -0.1) is 0 Å². The van der Waals surface area contributed by atoms with Crippen molar-refractivity contribution in [3.05, 3.63) is 36.0 Å². The van der Waals surface area contributed by atoms with Crippen molar-refractivity contribution in [3.63, 3.8) is 0 Å². The predicted octanol–water partition coefficient (Wildman–Crippen LogP) is 1.74. The fourth-order valence-electron chi connectivity index (χ4n) is 3.79. The van der Waals surface area contributed by atoms with E-state index >= 15 is 0 Å². The zero-order valence-electron chi connectivity index (χ0n) is 15.4. The van der Waals surface area contributed by atoms with Gasteiger partial charge in [0.1, 0.15) is 6.10 Å². The van der Waals surface area contributed by atoms with Crippen molar-refractivity contribution in [2.24, 2.45) is 0 Å². The third-order valence-corrected chi connectivity index (χ3v) is 5.39. The van der Waals surface area contributed by atoms with Crippen LogP contribution < -0.4 is 5.32 Å². The number of benzene rings is 1. The molecule has 3 amide bonds. The standard InChI is InChI=1S/C20H26N4O3/c25-19(18-2-1-13-27-18)23-9-11-24(12-10-23)20(26)22-7-5-15-3-4-17-16(14-15)6-8-21-17/h3-4,6,8,14,18,21H,1-2,5,7,9-13H2,(H,22,26). The number of rotatable bonds is 4. The number of aromatic amines is 1. The number of hydrogen-bond acceptors (Lipinski definition) is 3. The van der Waals surface area contributed by atoms with E-state index in [4.69, 9.17) is 4.74 Å². The minimum absolute atomic E-state index is 0.0538. The highest BCUT2D eigenvalue weighted by atomic mass is 16.5. The van der Waals surface area contributed by atoms with Crippen molar-refractivity contribution >= 4 is 22.8 Å². The van der Waals surface area contributed by atoms with Crippen LogP contribution in [0, 0.1) is 0 Å². The molecule has 2 fully saturated rings. The van der Waals surface area contributed by atoms with Crippen LogP contribution in [0.5, 0.6) is 0 Å². The Morgan fingerprint density at radius 2 is 1.96 bits per heavy atom. The van der Waals surface area contributed by atoms with Crippen molar-refractivity contribution in [2.75, 3.05) is 39.3 Å². The third kappa shape index (κ3) is 4.08. The summed E-state index contributed by atoms with van der Waals surface area (Å²) in [6.45, 7) is 3.57. The van der Waals surface area contributed by atoms with Gasteiger partial charge in [-0.25, -0.2) is 4.79 Å². The highest BCUT2D eigenvalue weighted by Crippen LogP contribution is 2.16. The van der Waals surface area contributed by atoms with Gasteiger partial charge >= 0.3 is 6.03 Å². The number of amides is 3. The van der Waals surface area contributed by atoms with E-state index in [1.165, 1.54) is 10.9 Å². The van der Waals surface area contributed by atoms with Gasteiger partial charge in [-0.1, -0.05) is 6.07 Å². The van der Waals surface area contributed by atoms with Crippen LogP contribution in [0.1, 0.15) is 18.4 Å². The van der Waals surface area contributed by atoms with Crippen LogP contribution in [-0.4, -0.2) is 72.2 Å². The first-order valence-corrected chi connectivity index (χ1v) is 9.70. The number of carbonyl (C=O) groups is 2. The van der Waals surface area contributed by atoms with Crippen molar-refractivity contribution in [3.8, 4) is 0 Å². The van der Waals surface area contributed by atoms with Crippen LogP contribution in [0.25, 0.3) is 10.9 Å². The molecule has 2 aliphatic rings. The summed E-state index contributed by atoms with van der Waals surface area (Å²) >= 11 is 0. The number of piperazine rings is 1. The highest BCUT2D eigenvalue weighted by Gasteiger charge is 2.31. The highest BCUT2D eigenvalue weighted by molar-refractivity contribution is 5.82. The molecule has 1 aromatic carbocycles. The molecule has 0 saturated carbocycles. The van der Waals surface area contributed by atoms with E-state index in [2.05, 4.69) is 34.6 Å². The van der Waals surface area contributed by atoms with E-state index in [9.17, 15) is 9.59 Å². The summed E-state index contributed by atoms with van der Waals surface area (Å²) in [6.07, 6.45) is 4.22. The molecule has 0 spiro atoms. The molecule has 7 heteroatoms. The summed E-state index contributed by atoms with van der Waals surface area (Å²) in [4.78, 5) is 31.5. The molecule has 0 radical (unpaired) electrons. The van der Waals surface area contributed by atoms with Gasteiger partial charge in [-0.05, 0) is 48.4 Å². The smallest absolute Gasteiger partial charge is 0.317 e. The third-order valence-electron chi connectivity index (χ3n) is 5.39. The number of carbonyl (C=O) groups excluding carboxylic acids is 2. The number of H-pyrrole nitrogens is 1. The van der Waals surface area contributed by atoms with Crippen LogP contribution in [-0.2, 0) is 16.0 Å². The van der Waals surface area contributed by atoms with E-state index in [0.717, 1.165) is 24.8 Å². The first kappa shape index (κ1) is 17.9. The maximum absolute atomic E-state index is 12.4. The molecule has 27 heavy (non-hydrogen) atoms. The van der Waals surface area contributed by atoms with Gasteiger partial charge in [0.05, 0.1) is 0 Å². The Balaban J connectivity index is 1.20. The van der Waals surface area contributed by atoms with Crippen molar-refractivity contribution < 1.29 is 14.3 Å². The zero-order chi connectivity index (χ0) is 18.6. The van der Waals surface area contributed by atoms with Crippen molar-refractivity contribution in [1.82, 2.24) is 20.1 Å². The maximum atomic E-state index is 12.4. The maximum Gasteiger partial charge on any atom is 0.317 e. The van der Waals surface area contributed by atoms with E-state index in [-0.39, 0.29) is 18.0 Å². The Kier molecular flexibility index (Phi) is 5.29. The summed E-state index contributed by atoms with van der Waals surface area (Å²) in [5.74, 6) is 0.0766. The number of ether oxygens (including phenoxy) is 1. The first-order valence-electron chi connectivity index (χ1n) is 9.70. The Morgan fingerprint density at radius 3 is 2.74 bits per heavy atom. The Labute approximate surface area is 158 Å². The van der Waals surface area contributed by atoms with Gasteiger partial charge in [0, 0.05) is 51.0 Å². The molecule has 1 atom stereocenters. The van der Waals surface area contributed by atoms with Gasteiger partial charge in [0.15, 0.2) is 0 Å². The number of urea groups is 1. The molecule has 144 valence electrons. The fourth-order valence-corrected chi connectivity index (χ4v) is 3.79. The molecule has 1 aromatic heterocycles.